The van der Waals surface area contributed by atoms with Gasteiger partial charge in [0.25, 0.3) is 11.8 Å². The standard InChI is InChI=1S/C20H14BrNO4.C20H16BrNO2.C13H13NO/c21-14-6-4-5-13(11-14)19(23)22-18-12-16(9-10-17(18)20(24)25)26-15-7-2-1-3-8-15;1-14-10-11-18(24-17-8-3-2-4-9-17)13-19(14)22-20(23)15-6-5-7-16(21)12-15;1-10-7-8-12(9-13(10)14)15-11-5-3-2-4-6-11/h1-12H,(H,22,23)(H,24,25);2-13H,1H3,(H,22,23);2-9H,14H2,1H3. The number of benzene rings is 8. The number of nitrogens with two attached hydrogens (primary N) is 1. The minimum atomic E-state index is -1.14. The van der Waals surface area contributed by atoms with Crippen LogP contribution in [0.15, 0.2) is 203 Å². The maximum atomic E-state index is 12.4. The minimum Gasteiger partial charge on any atom is -0.478 e. The van der Waals surface area contributed by atoms with Crippen molar-refractivity contribution in [1.82, 2.24) is 0 Å². The molecular weight excluding hydrogens is 950 g/mol. The number of carboxylic acid groups (broad SMARTS) is 1. The van der Waals surface area contributed by atoms with Crippen LogP contribution < -0.4 is 30.6 Å². The third kappa shape index (κ3) is 14.4. The van der Waals surface area contributed by atoms with Crippen LogP contribution in [0.2, 0.25) is 0 Å². The van der Waals surface area contributed by atoms with Crippen molar-refractivity contribution >= 4 is 66.7 Å². The highest BCUT2D eigenvalue weighted by Crippen LogP contribution is 2.30. The summed E-state index contributed by atoms with van der Waals surface area (Å²) >= 11 is 6.69. The predicted octanol–water partition coefficient (Wildman–Crippen LogP) is 14.4. The van der Waals surface area contributed by atoms with Crippen molar-refractivity contribution in [3.8, 4) is 34.5 Å². The number of anilines is 3. The molecule has 0 radical (unpaired) electrons. The Labute approximate surface area is 393 Å². The van der Waals surface area contributed by atoms with Gasteiger partial charge >= 0.3 is 5.97 Å². The van der Waals surface area contributed by atoms with Crippen molar-refractivity contribution in [2.75, 3.05) is 16.4 Å². The summed E-state index contributed by atoms with van der Waals surface area (Å²) in [5.41, 5.74) is 10.5. The lowest BCUT2D eigenvalue weighted by molar-refractivity contribution is 0.0697. The molecule has 0 fully saturated rings. The molecule has 0 aromatic heterocycles. The second kappa shape index (κ2) is 23.1. The van der Waals surface area contributed by atoms with Gasteiger partial charge in [-0.2, -0.15) is 0 Å². The first-order valence-corrected chi connectivity index (χ1v) is 21.7. The molecule has 0 spiro atoms. The van der Waals surface area contributed by atoms with Crippen LogP contribution in [0.3, 0.4) is 0 Å². The molecule has 0 heterocycles. The number of carbonyl (C=O) groups is 3. The summed E-state index contributed by atoms with van der Waals surface area (Å²) in [6.45, 7) is 3.92. The van der Waals surface area contributed by atoms with Crippen LogP contribution in [-0.2, 0) is 0 Å². The molecule has 326 valence electrons. The second-order valence-corrected chi connectivity index (χ2v) is 16.0. The molecule has 8 rings (SSSR count). The number of ether oxygens (including phenoxy) is 3. The Bertz CT molecular complexity index is 2880. The number of carbonyl (C=O) groups excluding carboxylic acids is 2. The van der Waals surface area contributed by atoms with Crippen LogP contribution >= 0.6 is 31.9 Å². The van der Waals surface area contributed by atoms with E-state index in [0.29, 0.717) is 28.4 Å². The van der Waals surface area contributed by atoms with Gasteiger partial charge in [-0.1, -0.05) is 111 Å². The van der Waals surface area contributed by atoms with Gasteiger partial charge in [0, 0.05) is 49.6 Å². The molecule has 0 unspecified atom stereocenters. The van der Waals surface area contributed by atoms with E-state index in [0.717, 1.165) is 48.7 Å². The van der Waals surface area contributed by atoms with Gasteiger partial charge in [-0.05, 0) is 122 Å². The van der Waals surface area contributed by atoms with E-state index in [2.05, 4.69) is 42.5 Å². The van der Waals surface area contributed by atoms with E-state index in [1.165, 1.54) is 12.1 Å². The molecule has 0 atom stereocenters. The lowest BCUT2D eigenvalue weighted by Gasteiger charge is -2.12. The number of hydrogen-bond acceptors (Lipinski definition) is 7. The molecule has 12 heteroatoms. The molecule has 0 saturated heterocycles. The van der Waals surface area contributed by atoms with Crippen molar-refractivity contribution in [3.63, 3.8) is 0 Å². The molecule has 8 aromatic carbocycles. The molecule has 2 amide bonds. The zero-order valence-electron chi connectivity index (χ0n) is 35.2. The molecule has 8 aromatic rings. The maximum Gasteiger partial charge on any atom is 0.337 e. The van der Waals surface area contributed by atoms with Gasteiger partial charge in [0.1, 0.15) is 34.5 Å². The van der Waals surface area contributed by atoms with Crippen LogP contribution in [0.1, 0.15) is 42.2 Å². The van der Waals surface area contributed by atoms with Crippen LogP contribution in [0.5, 0.6) is 34.5 Å². The van der Waals surface area contributed by atoms with Crippen molar-refractivity contribution in [3.05, 3.63) is 231 Å². The van der Waals surface area contributed by atoms with Crippen LogP contribution in [-0.4, -0.2) is 22.9 Å². The van der Waals surface area contributed by atoms with Gasteiger partial charge in [0.05, 0.1) is 11.3 Å². The Morgan fingerprint density at radius 2 is 0.846 bits per heavy atom. The Morgan fingerprint density at radius 1 is 0.446 bits per heavy atom. The Balaban J connectivity index is 0.000000167. The number of nitrogens with one attached hydrogen (secondary N) is 2. The molecular formula is C53H43Br2N3O7. The van der Waals surface area contributed by atoms with Crippen molar-refractivity contribution < 1.29 is 33.7 Å². The lowest BCUT2D eigenvalue weighted by atomic mass is 10.1. The third-order valence-electron chi connectivity index (χ3n) is 9.29. The largest absolute Gasteiger partial charge is 0.478 e. The average Bonchev–Trinajstić information content (AvgIpc) is 3.30. The number of aryl methyl sites for hydroxylation is 2. The Hall–Kier alpha value is -7.67. The normalized spacial score (nSPS) is 10.2. The number of amides is 2. The molecule has 0 aliphatic carbocycles. The first kappa shape index (κ1) is 46.8. The van der Waals surface area contributed by atoms with Gasteiger partial charge < -0.3 is 35.7 Å². The monoisotopic (exact) mass is 991 g/mol. The predicted molar refractivity (Wildman–Crippen MR) is 264 cm³/mol. The van der Waals surface area contributed by atoms with Crippen LogP contribution in [0, 0.1) is 13.8 Å². The number of para-hydroxylation sites is 3. The van der Waals surface area contributed by atoms with Crippen LogP contribution in [0.25, 0.3) is 0 Å². The fourth-order valence-electron chi connectivity index (χ4n) is 5.88. The molecule has 0 saturated carbocycles. The van der Waals surface area contributed by atoms with Gasteiger partial charge in [-0.3, -0.25) is 9.59 Å². The van der Waals surface area contributed by atoms with Crippen LogP contribution in [0.4, 0.5) is 17.1 Å². The Morgan fingerprint density at radius 3 is 1.28 bits per heavy atom. The van der Waals surface area contributed by atoms with Crippen molar-refractivity contribution in [2.45, 2.75) is 13.8 Å². The smallest absolute Gasteiger partial charge is 0.337 e. The molecule has 5 N–H and O–H groups in total. The summed E-state index contributed by atoms with van der Waals surface area (Å²) in [6, 6.07) is 58.2. The first-order chi connectivity index (χ1) is 31.4. The summed E-state index contributed by atoms with van der Waals surface area (Å²) in [5, 5.41) is 15.0. The molecule has 0 aliphatic rings. The molecule has 10 nitrogen and oxygen atoms in total. The zero-order valence-corrected chi connectivity index (χ0v) is 38.4. The van der Waals surface area contributed by atoms with E-state index >= 15 is 0 Å². The van der Waals surface area contributed by atoms with Gasteiger partial charge in [-0.15, -0.1) is 0 Å². The number of carboxylic acids is 1. The van der Waals surface area contributed by atoms with E-state index in [-0.39, 0.29) is 17.2 Å². The van der Waals surface area contributed by atoms with E-state index in [1.54, 1.807) is 54.6 Å². The average molecular weight is 994 g/mol. The first-order valence-electron chi connectivity index (χ1n) is 20.1. The van der Waals surface area contributed by atoms with Crippen molar-refractivity contribution in [1.29, 1.82) is 0 Å². The quantitative estimate of drug-likeness (QED) is 0.0936. The van der Waals surface area contributed by atoms with Gasteiger partial charge in [-0.25, -0.2) is 4.79 Å². The number of aromatic carboxylic acids is 1. The van der Waals surface area contributed by atoms with E-state index in [4.69, 9.17) is 19.9 Å². The molecule has 0 aliphatic heterocycles. The highest BCUT2D eigenvalue weighted by atomic mass is 79.9. The summed E-state index contributed by atoms with van der Waals surface area (Å²) < 4.78 is 18.8. The van der Waals surface area contributed by atoms with Crippen molar-refractivity contribution in [2.24, 2.45) is 0 Å². The topological polar surface area (TPSA) is 149 Å². The summed E-state index contributed by atoms with van der Waals surface area (Å²) in [5.74, 6) is 2.35. The van der Waals surface area contributed by atoms with Gasteiger partial charge in [0.2, 0.25) is 0 Å². The SMILES string of the molecule is Cc1ccc(Oc2ccccc2)cc1N.Cc1ccc(Oc2ccccc2)cc1NC(=O)c1cccc(Br)c1.O=C(Nc1cc(Oc2ccccc2)ccc1C(=O)O)c1cccc(Br)c1. The number of nitrogen functional groups attached to an aromatic ring is 1. The van der Waals surface area contributed by atoms with Gasteiger partial charge in [0.15, 0.2) is 0 Å². The lowest BCUT2D eigenvalue weighted by Crippen LogP contribution is -2.15. The van der Waals surface area contributed by atoms with E-state index < -0.39 is 11.9 Å². The number of rotatable bonds is 11. The molecule has 0 bridgehead atoms. The highest BCUT2D eigenvalue weighted by molar-refractivity contribution is 9.10. The highest BCUT2D eigenvalue weighted by Gasteiger charge is 2.16. The fourth-order valence-corrected chi connectivity index (χ4v) is 6.68. The minimum absolute atomic E-state index is 0.0197. The third-order valence-corrected chi connectivity index (χ3v) is 10.3. The zero-order chi connectivity index (χ0) is 46.1. The summed E-state index contributed by atoms with van der Waals surface area (Å²) in [6.07, 6.45) is 0. The van der Waals surface area contributed by atoms with E-state index in [1.807, 2.05) is 141 Å². The second-order valence-electron chi connectivity index (χ2n) is 14.2. The number of halogens is 2. The maximum absolute atomic E-state index is 12.4. The number of hydrogen-bond donors (Lipinski definition) is 4. The summed E-state index contributed by atoms with van der Waals surface area (Å²) in [7, 11) is 0. The van der Waals surface area contributed by atoms with E-state index in [9.17, 15) is 19.5 Å². The molecule has 65 heavy (non-hydrogen) atoms. The Kier molecular flexibility index (Phi) is 16.7. The summed E-state index contributed by atoms with van der Waals surface area (Å²) in [4.78, 5) is 36.3. The fraction of sp³-hybridized carbons (Fsp3) is 0.0377.